The zero-order valence-electron chi connectivity index (χ0n) is 8.45. The molecule has 6 nitrogen and oxygen atoms in total. The minimum absolute atomic E-state index is 2.25. The second kappa shape index (κ2) is 4.23. The van der Waals surface area contributed by atoms with Crippen molar-refractivity contribution in [2.24, 2.45) is 0 Å². The van der Waals surface area contributed by atoms with Gasteiger partial charge in [-0.15, -0.1) is 0 Å². The molecular formula is C7H4F6O6. The van der Waals surface area contributed by atoms with E-state index in [0.717, 1.165) is 0 Å². The molecule has 0 aromatic carbocycles. The number of carbonyl (C=O) groups excluding carboxylic acids is 1. The minimum atomic E-state index is -6.20. The first kappa shape index (κ1) is 15.5. The number of esters is 1. The quantitative estimate of drug-likeness (QED) is 0.558. The molecule has 0 spiro atoms. The highest BCUT2D eigenvalue weighted by molar-refractivity contribution is 5.85. The second-order valence-corrected chi connectivity index (χ2v) is 3.35. The Morgan fingerprint density at radius 2 is 1.63 bits per heavy atom. The Morgan fingerprint density at radius 1 is 1.21 bits per heavy atom. The summed E-state index contributed by atoms with van der Waals surface area (Å²) in [5, 5.41) is 17.0. The maximum atomic E-state index is 12.4. The fourth-order valence-corrected chi connectivity index (χ4v) is 1.18. The molecule has 1 saturated heterocycles. The lowest BCUT2D eigenvalue weighted by Crippen LogP contribution is -2.58. The van der Waals surface area contributed by atoms with Gasteiger partial charge in [-0.2, -0.15) is 26.3 Å². The molecule has 2 atom stereocenters. The number of cyclic esters (lactones) is 1. The number of carboxylic acid groups (broad SMARTS) is 1. The third kappa shape index (κ3) is 2.32. The number of ether oxygens (including phenoxy) is 2. The van der Waals surface area contributed by atoms with Crippen LogP contribution in [0.1, 0.15) is 0 Å². The number of alkyl halides is 6. The summed E-state index contributed by atoms with van der Waals surface area (Å²) in [4.78, 5) is 21.1. The zero-order chi connectivity index (χ0) is 15.2. The molecule has 12 heteroatoms. The minimum Gasteiger partial charge on any atom is -0.479 e. The van der Waals surface area contributed by atoms with Gasteiger partial charge in [0.25, 0.3) is 0 Å². The summed E-state index contributed by atoms with van der Waals surface area (Å²) in [6.45, 7) is 0. The number of carboxylic acids is 1. The number of aliphatic hydroxyl groups is 1. The van der Waals surface area contributed by atoms with Crippen molar-refractivity contribution < 1.29 is 55.6 Å². The number of hydrogen-bond acceptors (Lipinski definition) is 5. The molecule has 2 N–H and O–H groups in total. The van der Waals surface area contributed by atoms with Gasteiger partial charge in [0.1, 0.15) is 0 Å². The number of rotatable bonds is 2. The van der Waals surface area contributed by atoms with E-state index in [1.807, 2.05) is 0 Å². The largest absolute Gasteiger partial charge is 0.479 e. The van der Waals surface area contributed by atoms with Crippen LogP contribution in [-0.2, 0) is 19.1 Å². The van der Waals surface area contributed by atoms with Crippen LogP contribution < -0.4 is 0 Å². The molecule has 0 saturated carbocycles. The lowest BCUT2D eigenvalue weighted by Gasteiger charge is -2.30. The van der Waals surface area contributed by atoms with Gasteiger partial charge >= 0.3 is 30.1 Å². The van der Waals surface area contributed by atoms with E-state index in [1.54, 1.807) is 0 Å². The summed E-state index contributed by atoms with van der Waals surface area (Å²) in [6.07, 6.45) is -18.3. The number of aliphatic carboxylic acids is 1. The summed E-state index contributed by atoms with van der Waals surface area (Å²) >= 11 is 0. The van der Waals surface area contributed by atoms with E-state index < -0.39 is 42.3 Å². The SMILES string of the molecule is O=C(O)[C@H](O)[C@H]1OC(C(F)(F)F)(C(F)(F)F)OC1=O. The molecule has 1 rings (SSSR count). The molecule has 1 aliphatic heterocycles. The summed E-state index contributed by atoms with van der Waals surface area (Å²) in [5.41, 5.74) is 0. The molecule has 0 unspecified atom stereocenters. The number of halogens is 6. The number of carbonyl (C=O) groups is 2. The Hall–Kier alpha value is -1.56. The molecule has 1 aliphatic rings. The van der Waals surface area contributed by atoms with E-state index in [-0.39, 0.29) is 0 Å². The van der Waals surface area contributed by atoms with Gasteiger partial charge in [0.05, 0.1) is 0 Å². The first-order chi connectivity index (χ1) is 8.33. The van der Waals surface area contributed by atoms with E-state index in [4.69, 9.17) is 10.2 Å². The van der Waals surface area contributed by atoms with Crippen molar-refractivity contribution in [1.29, 1.82) is 0 Å². The third-order valence-electron chi connectivity index (χ3n) is 2.06. The average molecular weight is 298 g/mol. The fraction of sp³-hybridized carbons (Fsp3) is 0.714. The maximum absolute atomic E-state index is 12.4. The standard InChI is InChI=1S/C7H4F6O6/c8-6(9,10)5(7(11,12)13)18-2(4(17)19-5)1(14)3(15)16/h1-2,14H,(H,15,16)/t1-,2-/m1/s1. The Kier molecular flexibility index (Phi) is 3.45. The van der Waals surface area contributed by atoms with Crippen molar-refractivity contribution in [1.82, 2.24) is 0 Å². The molecule has 0 radical (unpaired) electrons. The molecule has 0 aromatic rings. The van der Waals surface area contributed by atoms with Gasteiger partial charge < -0.3 is 19.7 Å². The van der Waals surface area contributed by atoms with Crippen LogP contribution >= 0.6 is 0 Å². The predicted molar refractivity (Wildman–Crippen MR) is 39.4 cm³/mol. The lowest BCUT2D eigenvalue weighted by atomic mass is 10.2. The van der Waals surface area contributed by atoms with E-state index in [0.29, 0.717) is 0 Å². The first-order valence-electron chi connectivity index (χ1n) is 4.28. The third-order valence-corrected chi connectivity index (χ3v) is 2.06. The van der Waals surface area contributed by atoms with E-state index in [1.165, 1.54) is 0 Å². The molecule has 110 valence electrons. The first-order valence-corrected chi connectivity index (χ1v) is 4.28. The topological polar surface area (TPSA) is 93.1 Å². The van der Waals surface area contributed by atoms with Crippen LogP contribution in [0.2, 0.25) is 0 Å². The molecule has 1 fully saturated rings. The lowest BCUT2D eigenvalue weighted by molar-refractivity contribution is -0.440. The average Bonchev–Trinajstić information content (AvgIpc) is 2.54. The van der Waals surface area contributed by atoms with Crippen LogP contribution in [0, 0.1) is 0 Å². The highest BCUT2D eigenvalue weighted by atomic mass is 19.4. The second-order valence-electron chi connectivity index (χ2n) is 3.35. The van der Waals surface area contributed by atoms with Crippen molar-refractivity contribution in [2.75, 3.05) is 0 Å². The predicted octanol–water partition coefficient (Wildman–Crippen LogP) is 0.195. The molecule has 19 heavy (non-hydrogen) atoms. The van der Waals surface area contributed by atoms with Crippen LogP contribution in [0.15, 0.2) is 0 Å². The van der Waals surface area contributed by atoms with E-state index in [2.05, 4.69) is 9.47 Å². The summed E-state index contributed by atoms with van der Waals surface area (Å²) in [6, 6.07) is 0. The van der Waals surface area contributed by atoms with E-state index >= 15 is 0 Å². The van der Waals surface area contributed by atoms with Gasteiger partial charge in [-0.3, -0.25) is 0 Å². The van der Waals surface area contributed by atoms with Crippen molar-refractivity contribution in [3.63, 3.8) is 0 Å². The molecule has 0 aliphatic carbocycles. The highest BCUT2D eigenvalue weighted by Crippen LogP contribution is 2.50. The van der Waals surface area contributed by atoms with Crippen molar-refractivity contribution >= 4 is 11.9 Å². The van der Waals surface area contributed by atoms with Crippen LogP contribution in [0.25, 0.3) is 0 Å². The van der Waals surface area contributed by atoms with Crippen molar-refractivity contribution in [2.45, 2.75) is 30.3 Å². The normalized spacial score (nSPS) is 25.0. The maximum Gasteiger partial charge on any atom is 0.465 e. The van der Waals surface area contributed by atoms with Gasteiger partial charge in [0, 0.05) is 0 Å². The van der Waals surface area contributed by atoms with Crippen molar-refractivity contribution in [3.05, 3.63) is 0 Å². The molecule has 0 aromatic heterocycles. The monoisotopic (exact) mass is 298 g/mol. The summed E-state index contributed by atoms with van der Waals surface area (Å²) in [5.74, 6) is -9.83. The van der Waals surface area contributed by atoms with Crippen LogP contribution in [0.4, 0.5) is 26.3 Å². The molecule has 0 amide bonds. The molecular weight excluding hydrogens is 294 g/mol. The molecule has 1 heterocycles. The Morgan fingerprint density at radius 3 is 1.89 bits per heavy atom. The Labute approximate surface area is 99.1 Å². The smallest absolute Gasteiger partial charge is 0.465 e. The van der Waals surface area contributed by atoms with Gasteiger partial charge in [0.2, 0.25) is 0 Å². The highest BCUT2D eigenvalue weighted by Gasteiger charge is 2.81. The van der Waals surface area contributed by atoms with Crippen LogP contribution in [0.3, 0.4) is 0 Å². The van der Waals surface area contributed by atoms with Crippen LogP contribution in [0.5, 0.6) is 0 Å². The summed E-state index contributed by atoms with van der Waals surface area (Å²) < 4.78 is 80.7. The number of aliphatic hydroxyl groups excluding tert-OH is 1. The fourth-order valence-electron chi connectivity index (χ4n) is 1.18. The molecule has 0 bridgehead atoms. The Bertz CT molecular complexity index is 386. The van der Waals surface area contributed by atoms with Gasteiger partial charge in [-0.1, -0.05) is 0 Å². The Balaban J connectivity index is 3.21. The van der Waals surface area contributed by atoms with Crippen molar-refractivity contribution in [3.8, 4) is 0 Å². The summed E-state index contributed by atoms with van der Waals surface area (Å²) in [7, 11) is 0. The van der Waals surface area contributed by atoms with E-state index in [9.17, 15) is 35.9 Å². The number of hydrogen-bond donors (Lipinski definition) is 2. The van der Waals surface area contributed by atoms with Gasteiger partial charge in [0.15, 0.2) is 12.2 Å². The van der Waals surface area contributed by atoms with Crippen LogP contribution in [-0.4, -0.2) is 52.5 Å². The zero-order valence-corrected chi connectivity index (χ0v) is 8.45. The van der Waals surface area contributed by atoms with Gasteiger partial charge in [-0.05, 0) is 0 Å². The van der Waals surface area contributed by atoms with Gasteiger partial charge in [-0.25, -0.2) is 9.59 Å².